The number of aromatic nitrogens is 6. The number of H-pyrrole nitrogens is 1. The molecule has 0 radical (unpaired) electrons. The lowest BCUT2D eigenvalue weighted by Crippen LogP contribution is -2.20. The Balaban J connectivity index is 1.32. The summed E-state index contributed by atoms with van der Waals surface area (Å²) in [5.74, 6) is 1.25. The van der Waals surface area contributed by atoms with E-state index in [0.717, 1.165) is 53.0 Å². The number of thiazole rings is 1. The van der Waals surface area contributed by atoms with E-state index in [-0.39, 0.29) is 12.4 Å². The zero-order valence-electron chi connectivity index (χ0n) is 16.9. The van der Waals surface area contributed by atoms with E-state index in [0.29, 0.717) is 17.0 Å². The Hall–Kier alpha value is -2.98. The van der Waals surface area contributed by atoms with Gasteiger partial charge in [0.1, 0.15) is 28.3 Å². The number of nitrogens with one attached hydrogen (secondary N) is 3. The Morgan fingerprint density at radius 2 is 1.97 bits per heavy atom. The largest absolute Gasteiger partial charge is 0.362 e. The van der Waals surface area contributed by atoms with E-state index in [1.54, 1.807) is 23.6 Å². The van der Waals surface area contributed by atoms with Crippen LogP contribution in [0.3, 0.4) is 0 Å². The fourth-order valence-corrected chi connectivity index (χ4v) is 3.92. The lowest BCUT2D eigenvalue weighted by Gasteiger charge is -2.05. The van der Waals surface area contributed by atoms with E-state index in [1.165, 1.54) is 12.4 Å². The predicted molar refractivity (Wildman–Crippen MR) is 115 cm³/mol. The van der Waals surface area contributed by atoms with Gasteiger partial charge in [-0.2, -0.15) is 0 Å². The highest BCUT2D eigenvalue weighted by molar-refractivity contribution is 7.18. The third-order valence-corrected chi connectivity index (χ3v) is 5.75. The van der Waals surface area contributed by atoms with Crippen molar-refractivity contribution in [1.82, 2.24) is 35.2 Å². The standard InChI is InChI=1S/C20H23FN8S/c1-12-13(2)28-16(27-12)5-8-22-9-6-17-29-18-19(25-11-26-20(18)30-17)24-10-15-14(21)4-3-7-23-15/h3-4,7,11,22H,5-6,8-10H2,1-2H3,(H,27,28)(H,24,25,26). The summed E-state index contributed by atoms with van der Waals surface area (Å²) < 4.78 is 13.8. The van der Waals surface area contributed by atoms with Crippen molar-refractivity contribution < 1.29 is 4.39 Å². The van der Waals surface area contributed by atoms with Gasteiger partial charge < -0.3 is 15.6 Å². The van der Waals surface area contributed by atoms with E-state index in [9.17, 15) is 4.39 Å². The van der Waals surface area contributed by atoms with Crippen LogP contribution in [-0.4, -0.2) is 43.0 Å². The molecule has 0 saturated heterocycles. The Bertz CT molecular complexity index is 1120. The minimum absolute atomic E-state index is 0.235. The van der Waals surface area contributed by atoms with Gasteiger partial charge in [0.15, 0.2) is 5.82 Å². The molecule has 0 spiro atoms. The molecule has 8 nitrogen and oxygen atoms in total. The van der Waals surface area contributed by atoms with Crippen LogP contribution >= 0.6 is 11.3 Å². The summed E-state index contributed by atoms with van der Waals surface area (Å²) in [5, 5.41) is 7.53. The fourth-order valence-electron chi connectivity index (χ4n) is 3.02. The Morgan fingerprint density at radius 3 is 2.77 bits per heavy atom. The Labute approximate surface area is 177 Å². The lowest BCUT2D eigenvalue weighted by atomic mass is 10.3. The first kappa shape index (κ1) is 20.3. The van der Waals surface area contributed by atoms with Crippen molar-refractivity contribution >= 4 is 27.5 Å². The number of halogens is 1. The van der Waals surface area contributed by atoms with Crippen LogP contribution in [0, 0.1) is 19.7 Å². The van der Waals surface area contributed by atoms with Crippen LogP contribution in [0.5, 0.6) is 0 Å². The highest BCUT2D eigenvalue weighted by Gasteiger charge is 2.12. The van der Waals surface area contributed by atoms with E-state index < -0.39 is 0 Å². The number of pyridine rings is 1. The van der Waals surface area contributed by atoms with Crippen molar-refractivity contribution in [2.24, 2.45) is 0 Å². The molecule has 0 saturated carbocycles. The summed E-state index contributed by atoms with van der Waals surface area (Å²) in [6.07, 6.45) is 4.72. The lowest BCUT2D eigenvalue weighted by molar-refractivity contribution is 0.602. The molecule has 0 amide bonds. The minimum atomic E-state index is -0.347. The monoisotopic (exact) mass is 426 g/mol. The first-order valence-corrected chi connectivity index (χ1v) is 10.6. The van der Waals surface area contributed by atoms with E-state index in [4.69, 9.17) is 0 Å². The molecule has 0 atom stereocenters. The molecule has 4 rings (SSSR count). The zero-order chi connectivity index (χ0) is 20.9. The number of fused-ring (bicyclic) bond motifs is 1. The first-order valence-electron chi connectivity index (χ1n) is 9.76. The van der Waals surface area contributed by atoms with Crippen LogP contribution in [0.2, 0.25) is 0 Å². The van der Waals surface area contributed by atoms with Gasteiger partial charge in [-0.05, 0) is 26.0 Å². The van der Waals surface area contributed by atoms with Gasteiger partial charge in [0.05, 0.1) is 22.9 Å². The summed E-state index contributed by atoms with van der Waals surface area (Å²) >= 11 is 1.55. The second kappa shape index (κ2) is 9.23. The van der Waals surface area contributed by atoms with Crippen LogP contribution in [0.15, 0.2) is 24.7 Å². The number of imidazole rings is 1. The van der Waals surface area contributed by atoms with Gasteiger partial charge in [-0.3, -0.25) is 4.98 Å². The number of hydrogen-bond donors (Lipinski definition) is 3. The van der Waals surface area contributed by atoms with Crippen LogP contribution < -0.4 is 10.6 Å². The zero-order valence-corrected chi connectivity index (χ0v) is 17.7. The van der Waals surface area contributed by atoms with Crippen molar-refractivity contribution in [2.45, 2.75) is 33.2 Å². The molecule has 0 bridgehead atoms. The van der Waals surface area contributed by atoms with Gasteiger partial charge in [0.25, 0.3) is 0 Å². The fraction of sp³-hybridized carbons (Fsp3) is 0.350. The Kier molecular flexibility index (Phi) is 6.24. The molecule has 4 aromatic rings. The molecule has 0 aliphatic heterocycles. The van der Waals surface area contributed by atoms with Crippen LogP contribution in [0.1, 0.15) is 27.9 Å². The molecule has 156 valence electrons. The highest BCUT2D eigenvalue weighted by Crippen LogP contribution is 2.25. The quantitative estimate of drug-likeness (QED) is 0.354. The van der Waals surface area contributed by atoms with Gasteiger partial charge in [0.2, 0.25) is 0 Å². The maximum absolute atomic E-state index is 13.8. The average molecular weight is 427 g/mol. The predicted octanol–water partition coefficient (Wildman–Crippen LogP) is 2.95. The second-order valence-corrected chi connectivity index (χ2v) is 7.98. The topological polar surface area (TPSA) is 104 Å². The summed E-state index contributed by atoms with van der Waals surface area (Å²) in [6, 6.07) is 2.96. The highest BCUT2D eigenvalue weighted by atomic mass is 32.1. The van der Waals surface area contributed by atoms with E-state index in [2.05, 4.69) is 40.5 Å². The number of aryl methyl sites for hydroxylation is 2. The van der Waals surface area contributed by atoms with Gasteiger partial charge >= 0.3 is 0 Å². The molecule has 0 unspecified atom stereocenters. The van der Waals surface area contributed by atoms with Crippen LogP contribution in [-0.2, 0) is 19.4 Å². The van der Waals surface area contributed by atoms with Gasteiger partial charge in [-0.1, -0.05) is 11.3 Å². The molecule has 10 heteroatoms. The molecular formula is C20H23FN8S. The number of aromatic amines is 1. The average Bonchev–Trinajstić information content (AvgIpc) is 3.30. The molecule has 0 aliphatic carbocycles. The molecule has 0 aromatic carbocycles. The van der Waals surface area contributed by atoms with E-state index >= 15 is 0 Å². The van der Waals surface area contributed by atoms with E-state index in [1.807, 2.05) is 13.8 Å². The smallest absolute Gasteiger partial charge is 0.157 e. The van der Waals surface area contributed by atoms with Crippen molar-refractivity contribution in [3.05, 3.63) is 58.4 Å². The molecule has 0 aliphatic rings. The Morgan fingerprint density at radius 1 is 1.10 bits per heavy atom. The summed E-state index contributed by atoms with van der Waals surface area (Å²) in [7, 11) is 0. The minimum Gasteiger partial charge on any atom is -0.362 e. The van der Waals surface area contributed by atoms with Gasteiger partial charge in [-0.15, -0.1) is 0 Å². The third kappa shape index (κ3) is 4.77. The molecule has 4 aromatic heterocycles. The molecule has 0 fully saturated rings. The normalized spacial score (nSPS) is 11.3. The third-order valence-electron chi connectivity index (χ3n) is 4.73. The van der Waals surface area contributed by atoms with Crippen molar-refractivity contribution in [3.63, 3.8) is 0 Å². The number of rotatable bonds is 9. The van der Waals surface area contributed by atoms with Crippen LogP contribution in [0.4, 0.5) is 10.2 Å². The molecule has 30 heavy (non-hydrogen) atoms. The molecule has 3 N–H and O–H groups in total. The maximum atomic E-state index is 13.8. The van der Waals surface area contributed by atoms with Crippen molar-refractivity contribution in [2.75, 3.05) is 18.4 Å². The second-order valence-electron chi connectivity index (χ2n) is 6.91. The first-order chi connectivity index (χ1) is 14.6. The number of nitrogens with zero attached hydrogens (tertiary/aromatic N) is 5. The SMILES string of the molecule is Cc1nc(CCNCCc2nc3c(NCc4ncccc4F)ncnc3s2)[nH]c1C. The maximum Gasteiger partial charge on any atom is 0.157 e. The van der Waals surface area contributed by atoms with Crippen LogP contribution in [0.25, 0.3) is 10.3 Å². The summed E-state index contributed by atoms with van der Waals surface area (Å²) in [6.45, 7) is 5.94. The van der Waals surface area contributed by atoms with Crippen molar-refractivity contribution in [3.8, 4) is 0 Å². The molecular weight excluding hydrogens is 403 g/mol. The summed E-state index contributed by atoms with van der Waals surface area (Å²) in [4.78, 5) is 25.9. The molecule has 4 heterocycles. The van der Waals surface area contributed by atoms with Crippen molar-refractivity contribution in [1.29, 1.82) is 0 Å². The summed E-state index contributed by atoms with van der Waals surface area (Å²) in [5.41, 5.74) is 3.22. The van der Waals surface area contributed by atoms with Gasteiger partial charge in [0, 0.05) is 37.8 Å². The number of hydrogen-bond acceptors (Lipinski definition) is 8. The number of anilines is 1. The van der Waals surface area contributed by atoms with Gasteiger partial charge in [-0.25, -0.2) is 24.3 Å².